The van der Waals surface area contributed by atoms with Crippen molar-refractivity contribution in [2.45, 2.75) is 6.61 Å². The lowest BCUT2D eigenvalue weighted by Gasteiger charge is -2.08. The number of hydrogen-bond acceptors (Lipinski definition) is 3. The third-order valence-electron chi connectivity index (χ3n) is 3.14. The van der Waals surface area contributed by atoms with Gasteiger partial charge in [0.15, 0.2) is 0 Å². The van der Waals surface area contributed by atoms with E-state index in [2.05, 4.69) is 5.32 Å². The number of hydrogen-bond donors (Lipinski definition) is 1. The molecule has 110 valence electrons. The summed E-state index contributed by atoms with van der Waals surface area (Å²) < 4.78 is 10.6. The quantitative estimate of drug-likeness (QED) is 0.770. The first-order chi connectivity index (χ1) is 10.8. The molecule has 4 nitrogen and oxygen atoms in total. The van der Waals surface area contributed by atoms with Gasteiger partial charge < -0.3 is 14.5 Å². The zero-order chi connectivity index (χ0) is 15.2. The van der Waals surface area contributed by atoms with Gasteiger partial charge in [-0.05, 0) is 35.9 Å². The van der Waals surface area contributed by atoms with E-state index in [0.717, 1.165) is 11.3 Å². The van der Waals surface area contributed by atoms with Crippen molar-refractivity contribution in [2.24, 2.45) is 0 Å². The van der Waals surface area contributed by atoms with Crippen LogP contribution in [0.2, 0.25) is 0 Å². The molecule has 1 aromatic heterocycles. The highest BCUT2D eigenvalue weighted by molar-refractivity contribution is 6.03. The lowest BCUT2D eigenvalue weighted by Crippen LogP contribution is -2.10. The van der Waals surface area contributed by atoms with E-state index in [0.29, 0.717) is 17.9 Å². The highest BCUT2D eigenvalue weighted by Gasteiger charge is 2.07. The first-order valence-corrected chi connectivity index (χ1v) is 6.91. The molecule has 0 saturated carbocycles. The summed E-state index contributed by atoms with van der Waals surface area (Å²) in [6.07, 6.45) is 2.88. The van der Waals surface area contributed by atoms with E-state index in [9.17, 15) is 4.79 Å². The molecular weight excluding hydrogens is 278 g/mol. The molecular formula is C18H15NO3. The number of ether oxygens (including phenoxy) is 1. The van der Waals surface area contributed by atoms with Gasteiger partial charge in [0.25, 0.3) is 5.91 Å². The fourth-order valence-electron chi connectivity index (χ4n) is 1.97. The fraction of sp³-hybridized carbons (Fsp3) is 0.0556. The zero-order valence-electron chi connectivity index (χ0n) is 11.9. The van der Waals surface area contributed by atoms with Gasteiger partial charge in [-0.3, -0.25) is 4.79 Å². The standard InChI is InChI=1S/C18H15NO3/c20-18(15-10-11-21-13-15)19-16-6-8-17(9-7-16)22-12-14-4-2-1-3-5-14/h1-11,13H,12H2,(H,19,20). The van der Waals surface area contributed by atoms with Crippen molar-refractivity contribution in [3.63, 3.8) is 0 Å². The fourth-order valence-corrected chi connectivity index (χ4v) is 1.97. The summed E-state index contributed by atoms with van der Waals surface area (Å²) in [6, 6.07) is 18.8. The van der Waals surface area contributed by atoms with Gasteiger partial charge in [0, 0.05) is 5.69 Å². The molecule has 1 heterocycles. The van der Waals surface area contributed by atoms with E-state index < -0.39 is 0 Å². The highest BCUT2D eigenvalue weighted by atomic mass is 16.5. The lowest BCUT2D eigenvalue weighted by molar-refractivity contribution is 0.102. The summed E-state index contributed by atoms with van der Waals surface area (Å²) in [7, 11) is 0. The maximum atomic E-state index is 11.9. The van der Waals surface area contributed by atoms with Crippen molar-refractivity contribution in [2.75, 3.05) is 5.32 Å². The van der Waals surface area contributed by atoms with Gasteiger partial charge in [0.1, 0.15) is 18.6 Å². The molecule has 0 spiro atoms. The summed E-state index contributed by atoms with van der Waals surface area (Å²) in [5.41, 5.74) is 2.31. The summed E-state index contributed by atoms with van der Waals surface area (Å²) in [5.74, 6) is 0.553. The van der Waals surface area contributed by atoms with Gasteiger partial charge >= 0.3 is 0 Å². The number of amides is 1. The van der Waals surface area contributed by atoms with Gasteiger partial charge in [0.05, 0.1) is 11.8 Å². The number of anilines is 1. The summed E-state index contributed by atoms with van der Waals surface area (Å²) in [4.78, 5) is 11.9. The molecule has 0 radical (unpaired) electrons. The van der Waals surface area contributed by atoms with E-state index in [1.54, 1.807) is 18.2 Å². The predicted octanol–water partition coefficient (Wildman–Crippen LogP) is 4.11. The number of rotatable bonds is 5. The number of furan rings is 1. The minimum atomic E-state index is -0.202. The maximum Gasteiger partial charge on any atom is 0.258 e. The van der Waals surface area contributed by atoms with Crippen LogP contribution in [0.15, 0.2) is 77.6 Å². The Morgan fingerprint density at radius 3 is 2.45 bits per heavy atom. The van der Waals surface area contributed by atoms with Gasteiger partial charge in [0.2, 0.25) is 0 Å². The minimum absolute atomic E-state index is 0.202. The molecule has 0 atom stereocenters. The highest BCUT2D eigenvalue weighted by Crippen LogP contribution is 2.18. The largest absolute Gasteiger partial charge is 0.489 e. The molecule has 4 heteroatoms. The molecule has 0 aliphatic heterocycles. The van der Waals surface area contributed by atoms with Gasteiger partial charge in [-0.1, -0.05) is 30.3 Å². The van der Waals surface area contributed by atoms with Crippen molar-refractivity contribution in [3.8, 4) is 5.75 Å². The molecule has 0 aliphatic rings. The van der Waals surface area contributed by atoms with Crippen molar-refractivity contribution in [3.05, 3.63) is 84.3 Å². The molecule has 0 fully saturated rings. The lowest BCUT2D eigenvalue weighted by atomic mass is 10.2. The summed E-state index contributed by atoms with van der Waals surface area (Å²) in [5, 5.41) is 2.79. The van der Waals surface area contributed by atoms with Crippen LogP contribution in [0.4, 0.5) is 5.69 Å². The Hall–Kier alpha value is -3.01. The van der Waals surface area contributed by atoms with Crippen LogP contribution in [-0.4, -0.2) is 5.91 Å². The molecule has 1 N–H and O–H groups in total. The van der Waals surface area contributed by atoms with Crippen LogP contribution >= 0.6 is 0 Å². The Morgan fingerprint density at radius 1 is 1.00 bits per heavy atom. The summed E-state index contributed by atoms with van der Waals surface area (Å²) in [6.45, 7) is 0.515. The van der Waals surface area contributed by atoms with Crippen LogP contribution in [0.1, 0.15) is 15.9 Å². The Bertz CT molecular complexity index is 719. The molecule has 3 rings (SSSR count). The molecule has 22 heavy (non-hydrogen) atoms. The van der Waals surface area contributed by atoms with Crippen LogP contribution in [0.25, 0.3) is 0 Å². The van der Waals surface area contributed by atoms with Gasteiger partial charge in [-0.2, -0.15) is 0 Å². The first kappa shape index (κ1) is 13.9. The number of benzene rings is 2. The molecule has 0 aliphatic carbocycles. The van der Waals surface area contributed by atoms with E-state index in [4.69, 9.17) is 9.15 Å². The van der Waals surface area contributed by atoms with E-state index >= 15 is 0 Å². The van der Waals surface area contributed by atoms with Crippen LogP contribution < -0.4 is 10.1 Å². The summed E-state index contributed by atoms with van der Waals surface area (Å²) >= 11 is 0. The van der Waals surface area contributed by atoms with Crippen molar-refractivity contribution >= 4 is 11.6 Å². The third kappa shape index (κ3) is 3.55. The Kier molecular flexibility index (Phi) is 4.20. The van der Waals surface area contributed by atoms with Crippen molar-refractivity contribution in [1.29, 1.82) is 0 Å². The Labute approximate surface area is 128 Å². The maximum absolute atomic E-state index is 11.9. The number of nitrogens with one attached hydrogen (secondary N) is 1. The molecule has 1 amide bonds. The van der Waals surface area contributed by atoms with Crippen molar-refractivity contribution < 1.29 is 13.9 Å². The predicted molar refractivity (Wildman–Crippen MR) is 83.9 cm³/mol. The van der Waals surface area contributed by atoms with Crippen LogP contribution in [-0.2, 0) is 6.61 Å². The SMILES string of the molecule is O=C(Nc1ccc(OCc2ccccc2)cc1)c1ccoc1. The van der Waals surface area contributed by atoms with E-state index in [-0.39, 0.29) is 5.91 Å². The second kappa shape index (κ2) is 6.63. The second-order valence-electron chi connectivity index (χ2n) is 4.76. The Morgan fingerprint density at radius 2 is 1.77 bits per heavy atom. The van der Waals surface area contributed by atoms with E-state index in [1.165, 1.54) is 12.5 Å². The normalized spacial score (nSPS) is 10.2. The zero-order valence-corrected chi connectivity index (χ0v) is 11.9. The topological polar surface area (TPSA) is 51.5 Å². The Balaban J connectivity index is 1.57. The van der Waals surface area contributed by atoms with Gasteiger partial charge in [-0.25, -0.2) is 0 Å². The first-order valence-electron chi connectivity index (χ1n) is 6.91. The van der Waals surface area contributed by atoms with Crippen molar-refractivity contribution in [1.82, 2.24) is 0 Å². The molecule has 2 aromatic carbocycles. The minimum Gasteiger partial charge on any atom is -0.489 e. The van der Waals surface area contributed by atoms with E-state index in [1.807, 2.05) is 42.5 Å². The van der Waals surface area contributed by atoms with Crippen LogP contribution in [0.3, 0.4) is 0 Å². The monoisotopic (exact) mass is 293 g/mol. The average Bonchev–Trinajstić information content (AvgIpc) is 3.10. The average molecular weight is 293 g/mol. The number of carbonyl (C=O) groups excluding carboxylic acids is 1. The smallest absolute Gasteiger partial charge is 0.258 e. The third-order valence-corrected chi connectivity index (χ3v) is 3.14. The molecule has 0 unspecified atom stereocenters. The molecule has 3 aromatic rings. The second-order valence-corrected chi connectivity index (χ2v) is 4.76. The number of carbonyl (C=O) groups is 1. The van der Waals surface area contributed by atoms with Gasteiger partial charge in [-0.15, -0.1) is 0 Å². The molecule has 0 bridgehead atoms. The van der Waals surface area contributed by atoms with Crippen LogP contribution in [0.5, 0.6) is 5.75 Å². The van der Waals surface area contributed by atoms with Crippen LogP contribution in [0, 0.1) is 0 Å². The molecule has 0 saturated heterocycles.